The third kappa shape index (κ3) is 4.73. The molecule has 22 heavy (non-hydrogen) atoms. The van der Waals surface area contributed by atoms with Crippen LogP contribution in [0.3, 0.4) is 0 Å². The highest BCUT2D eigenvalue weighted by atomic mass is 32.1. The number of alkyl halides is 3. The number of halogens is 3. The first kappa shape index (κ1) is 16.3. The number of benzene rings is 2. The van der Waals surface area contributed by atoms with E-state index in [1.54, 1.807) is 0 Å². The van der Waals surface area contributed by atoms with E-state index in [0.717, 1.165) is 23.3 Å². The number of nitrogens with one attached hydrogen (secondary N) is 2. The molecule has 0 heterocycles. The van der Waals surface area contributed by atoms with E-state index < -0.39 is 11.7 Å². The van der Waals surface area contributed by atoms with E-state index in [4.69, 9.17) is 12.2 Å². The molecule has 2 rings (SSSR count). The summed E-state index contributed by atoms with van der Waals surface area (Å²) < 4.78 is 37.4. The molecule has 0 fully saturated rings. The van der Waals surface area contributed by atoms with Crippen molar-refractivity contribution in [1.29, 1.82) is 0 Å². The Bertz CT molecular complexity index is 651. The highest BCUT2D eigenvalue weighted by molar-refractivity contribution is 7.80. The summed E-state index contributed by atoms with van der Waals surface area (Å²) in [6, 6.07) is 12.7. The number of aryl methyl sites for hydroxylation is 1. The highest BCUT2D eigenvalue weighted by Crippen LogP contribution is 2.29. The van der Waals surface area contributed by atoms with E-state index in [1.165, 1.54) is 12.1 Å². The average Bonchev–Trinajstić information content (AvgIpc) is 2.45. The van der Waals surface area contributed by atoms with Crippen LogP contribution in [0.5, 0.6) is 0 Å². The highest BCUT2D eigenvalue weighted by Gasteiger charge is 2.29. The fraction of sp³-hybridized carbons (Fsp3) is 0.188. The lowest BCUT2D eigenvalue weighted by molar-refractivity contribution is -0.137. The molecule has 6 heteroatoms. The van der Waals surface area contributed by atoms with E-state index in [1.807, 2.05) is 31.2 Å². The van der Waals surface area contributed by atoms with Crippen molar-refractivity contribution in [3.63, 3.8) is 0 Å². The molecule has 0 saturated carbocycles. The molecule has 0 aromatic heterocycles. The van der Waals surface area contributed by atoms with Gasteiger partial charge >= 0.3 is 6.18 Å². The van der Waals surface area contributed by atoms with Crippen molar-refractivity contribution in [2.75, 3.05) is 5.32 Å². The SMILES string of the molecule is Cc1cccc(CNC(=S)Nc2ccc(C(F)(F)F)cc2)c1. The summed E-state index contributed by atoms with van der Waals surface area (Å²) in [6.45, 7) is 2.55. The molecule has 0 aliphatic rings. The fourth-order valence-electron chi connectivity index (χ4n) is 1.92. The van der Waals surface area contributed by atoms with Gasteiger partial charge in [-0.15, -0.1) is 0 Å². The summed E-state index contributed by atoms with van der Waals surface area (Å²) in [5, 5.41) is 6.24. The maximum absolute atomic E-state index is 12.5. The Morgan fingerprint density at radius 2 is 1.77 bits per heavy atom. The van der Waals surface area contributed by atoms with Gasteiger partial charge in [0.1, 0.15) is 0 Å². The monoisotopic (exact) mass is 324 g/mol. The summed E-state index contributed by atoms with van der Waals surface area (Å²) in [6.07, 6.45) is -4.33. The van der Waals surface area contributed by atoms with Gasteiger partial charge in [-0.3, -0.25) is 0 Å². The van der Waals surface area contributed by atoms with Crippen LogP contribution < -0.4 is 10.6 Å². The van der Waals surface area contributed by atoms with Crippen LogP contribution in [0.15, 0.2) is 48.5 Å². The minimum atomic E-state index is -4.33. The summed E-state index contributed by atoms with van der Waals surface area (Å²) >= 11 is 5.13. The summed E-state index contributed by atoms with van der Waals surface area (Å²) in [7, 11) is 0. The Morgan fingerprint density at radius 3 is 2.36 bits per heavy atom. The zero-order valence-electron chi connectivity index (χ0n) is 11.9. The minimum Gasteiger partial charge on any atom is -0.358 e. The summed E-state index contributed by atoms with van der Waals surface area (Å²) in [4.78, 5) is 0. The van der Waals surface area contributed by atoms with Crippen LogP contribution >= 0.6 is 12.2 Å². The normalized spacial score (nSPS) is 11.1. The van der Waals surface area contributed by atoms with E-state index in [2.05, 4.69) is 10.6 Å². The second-order valence-corrected chi connectivity index (χ2v) is 5.28. The first-order valence-corrected chi connectivity index (χ1v) is 7.03. The molecule has 2 nitrogen and oxygen atoms in total. The van der Waals surface area contributed by atoms with E-state index in [9.17, 15) is 13.2 Å². The van der Waals surface area contributed by atoms with Crippen molar-refractivity contribution in [1.82, 2.24) is 5.32 Å². The van der Waals surface area contributed by atoms with Crippen molar-refractivity contribution in [3.05, 3.63) is 65.2 Å². The molecule has 0 aliphatic heterocycles. The standard InChI is InChI=1S/C16H15F3N2S/c1-11-3-2-4-12(9-11)10-20-15(22)21-14-7-5-13(6-8-14)16(17,18)19/h2-9H,10H2,1H3,(H2,20,21,22). The molecule has 0 unspecified atom stereocenters. The van der Waals surface area contributed by atoms with Gasteiger partial charge in [0.2, 0.25) is 0 Å². The maximum atomic E-state index is 12.5. The van der Waals surface area contributed by atoms with Gasteiger partial charge in [0.05, 0.1) is 5.56 Å². The molecule has 0 aliphatic carbocycles. The predicted octanol–water partition coefficient (Wildman–Crippen LogP) is 4.50. The molecule has 0 radical (unpaired) electrons. The third-order valence-corrected chi connectivity index (χ3v) is 3.25. The number of hydrogen-bond donors (Lipinski definition) is 2. The number of anilines is 1. The molecule has 0 spiro atoms. The molecule has 2 aromatic rings. The molecule has 2 N–H and O–H groups in total. The number of hydrogen-bond acceptors (Lipinski definition) is 1. The Morgan fingerprint density at radius 1 is 1.09 bits per heavy atom. The van der Waals surface area contributed by atoms with Crippen LogP contribution in [-0.2, 0) is 12.7 Å². The molecule has 0 saturated heterocycles. The van der Waals surface area contributed by atoms with Gasteiger partial charge in [0.25, 0.3) is 0 Å². The lowest BCUT2D eigenvalue weighted by atomic mass is 10.1. The first-order chi connectivity index (χ1) is 10.3. The van der Waals surface area contributed by atoms with Crippen molar-refractivity contribution >= 4 is 23.0 Å². The summed E-state index contributed by atoms with van der Waals surface area (Å²) in [5.74, 6) is 0. The Hall–Kier alpha value is -2.08. The Labute approximate surface area is 132 Å². The molecule has 0 bridgehead atoms. The van der Waals surface area contributed by atoms with Gasteiger partial charge in [0.15, 0.2) is 5.11 Å². The Kier molecular flexibility index (Phi) is 5.03. The van der Waals surface area contributed by atoms with Gasteiger partial charge in [-0.25, -0.2) is 0 Å². The number of thiocarbonyl (C=S) groups is 1. The first-order valence-electron chi connectivity index (χ1n) is 6.62. The quantitative estimate of drug-likeness (QED) is 0.813. The third-order valence-electron chi connectivity index (χ3n) is 3.01. The second-order valence-electron chi connectivity index (χ2n) is 4.87. The fourth-order valence-corrected chi connectivity index (χ4v) is 2.11. The van der Waals surface area contributed by atoms with Crippen LogP contribution in [0, 0.1) is 6.92 Å². The van der Waals surface area contributed by atoms with Gasteiger partial charge in [-0.2, -0.15) is 13.2 Å². The molecule has 0 atom stereocenters. The van der Waals surface area contributed by atoms with Gasteiger partial charge in [-0.1, -0.05) is 29.8 Å². The Balaban J connectivity index is 1.89. The zero-order valence-corrected chi connectivity index (χ0v) is 12.7. The van der Waals surface area contributed by atoms with Crippen molar-refractivity contribution < 1.29 is 13.2 Å². The molecular weight excluding hydrogens is 309 g/mol. The van der Waals surface area contributed by atoms with E-state index in [0.29, 0.717) is 17.3 Å². The average molecular weight is 324 g/mol. The molecule has 116 valence electrons. The van der Waals surface area contributed by atoms with Crippen LogP contribution in [0.2, 0.25) is 0 Å². The van der Waals surface area contributed by atoms with Gasteiger partial charge in [0, 0.05) is 12.2 Å². The smallest absolute Gasteiger partial charge is 0.358 e. The van der Waals surface area contributed by atoms with Crippen molar-refractivity contribution in [3.8, 4) is 0 Å². The topological polar surface area (TPSA) is 24.1 Å². The van der Waals surface area contributed by atoms with Crippen molar-refractivity contribution in [2.24, 2.45) is 0 Å². The largest absolute Gasteiger partial charge is 0.416 e. The maximum Gasteiger partial charge on any atom is 0.416 e. The van der Waals surface area contributed by atoms with Crippen molar-refractivity contribution in [2.45, 2.75) is 19.6 Å². The van der Waals surface area contributed by atoms with Gasteiger partial charge < -0.3 is 10.6 Å². The zero-order chi connectivity index (χ0) is 16.2. The molecule has 2 aromatic carbocycles. The van der Waals surface area contributed by atoms with E-state index in [-0.39, 0.29) is 0 Å². The lowest BCUT2D eigenvalue weighted by Crippen LogP contribution is -2.27. The van der Waals surface area contributed by atoms with Gasteiger partial charge in [-0.05, 0) is 49.0 Å². The minimum absolute atomic E-state index is 0.362. The summed E-state index contributed by atoms with van der Waals surface area (Å²) in [5.41, 5.74) is 2.06. The number of rotatable bonds is 3. The van der Waals surface area contributed by atoms with E-state index >= 15 is 0 Å². The predicted molar refractivity (Wildman–Crippen MR) is 85.7 cm³/mol. The molecular formula is C16H15F3N2S. The second kappa shape index (κ2) is 6.79. The van der Waals surface area contributed by atoms with Crippen LogP contribution in [-0.4, -0.2) is 5.11 Å². The van der Waals surface area contributed by atoms with Crippen LogP contribution in [0.1, 0.15) is 16.7 Å². The van der Waals surface area contributed by atoms with Crippen LogP contribution in [0.25, 0.3) is 0 Å². The van der Waals surface area contributed by atoms with Crippen LogP contribution in [0.4, 0.5) is 18.9 Å². The molecule has 0 amide bonds. The lowest BCUT2D eigenvalue weighted by Gasteiger charge is -2.12.